The predicted octanol–water partition coefficient (Wildman–Crippen LogP) is 3.46. The Kier molecular flexibility index (Phi) is 3.64. The van der Waals surface area contributed by atoms with Crippen molar-refractivity contribution in [3.05, 3.63) is 29.6 Å². The van der Waals surface area contributed by atoms with Gasteiger partial charge < -0.3 is 10.2 Å². The van der Waals surface area contributed by atoms with E-state index < -0.39 is 17.5 Å². The molecule has 1 N–H and O–H groups in total. The van der Waals surface area contributed by atoms with Gasteiger partial charge in [-0.15, -0.1) is 0 Å². The van der Waals surface area contributed by atoms with Gasteiger partial charge in [0.25, 0.3) is 0 Å². The highest BCUT2D eigenvalue weighted by Gasteiger charge is 2.45. The van der Waals surface area contributed by atoms with Gasteiger partial charge in [-0.1, -0.05) is 6.92 Å². The molecule has 21 heavy (non-hydrogen) atoms. The molecule has 1 aromatic rings. The van der Waals surface area contributed by atoms with E-state index in [2.05, 4.69) is 19.2 Å². The van der Waals surface area contributed by atoms with Gasteiger partial charge >= 0.3 is 0 Å². The number of nitrogens with one attached hydrogen (secondary N) is 1. The summed E-state index contributed by atoms with van der Waals surface area (Å²) in [5, 5.41) is 3.60. The number of hydrogen-bond donors (Lipinski definition) is 1. The second kappa shape index (κ2) is 5.20. The molecule has 2 unspecified atom stereocenters. The monoisotopic (exact) mass is 298 g/mol. The number of halogens is 3. The molecule has 0 bridgehead atoms. The topological polar surface area (TPSA) is 15.3 Å². The number of rotatable bonds is 3. The van der Waals surface area contributed by atoms with Crippen LogP contribution in [-0.2, 0) is 0 Å². The third kappa shape index (κ3) is 2.63. The van der Waals surface area contributed by atoms with Crippen LogP contribution in [0.2, 0.25) is 0 Å². The standard InChI is InChI=1S/C16H21F3N2/c1-3-11-8-20-16(2,10-4-5-10)9-21(11)12-6-13(17)15(19)14(18)7-12/h6-7,10-11,20H,3-5,8-9H2,1-2H3. The van der Waals surface area contributed by atoms with E-state index in [1.807, 2.05) is 4.90 Å². The van der Waals surface area contributed by atoms with Crippen molar-refractivity contribution in [1.29, 1.82) is 0 Å². The Morgan fingerprint density at radius 2 is 1.86 bits per heavy atom. The van der Waals surface area contributed by atoms with Gasteiger partial charge in [-0.3, -0.25) is 0 Å². The maximum atomic E-state index is 13.5. The molecule has 0 aromatic heterocycles. The lowest BCUT2D eigenvalue weighted by molar-refractivity contribution is 0.252. The van der Waals surface area contributed by atoms with Crippen LogP contribution in [-0.4, -0.2) is 24.7 Å². The Hall–Kier alpha value is -1.23. The molecule has 1 aliphatic heterocycles. The Morgan fingerprint density at radius 3 is 2.38 bits per heavy atom. The molecule has 2 aliphatic rings. The zero-order valence-corrected chi connectivity index (χ0v) is 12.4. The predicted molar refractivity (Wildman–Crippen MR) is 76.9 cm³/mol. The summed E-state index contributed by atoms with van der Waals surface area (Å²) in [4.78, 5) is 2.03. The molecular weight excluding hydrogens is 277 g/mol. The Morgan fingerprint density at radius 1 is 1.24 bits per heavy atom. The summed E-state index contributed by atoms with van der Waals surface area (Å²) in [5.74, 6) is -3.02. The first-order valence-electron chi connectivity index (χ1n) is 7.61. The molecule has 1 aliphatic carbocycles. The minimum absolute atomic E-state index is 0.0347. The minimum atomic E-state index is -1.40. The molecule has 1 saturated heterocycles. The van der Waals surface area contributed by atoms with Crippen molar-refractivity contribution in [1.82, 2.24) is 5.32 Å². The van der Waals surface area contributed by atoms with E-state index in [4.69, 9.17) is 0 Å². The third-order valence-corrected chi connectivity index (χ3v) is 4.93. The summed E-state index contributed by atoms with van der Waals surface area (Å²) in [6.07, 6.45) is 3.26. The first-order valence-corrected chi connectivity index (χ1v) is 7.61. The van der Waals surface area contributed by atoms with Gasteiger partial charge in [0.1, 0.15) is 0 Å². The lowest BCUT2D eigenvalue weighted by Gasteiger charge is -2.47. The van der Waals surface area contributed by atoms with Crippen molar-refractivity contribution in [3.8, 4) is 0 Å². The second-order valence-electron chi connectivity index (χ2n) is 6.49. The van der Waals surface area contributed by atoms with Crippen LogP contribution in [0.25, 0.3) is 0 Å². The van der Waals surface area contributed by atoms with Crippen molar-refractivity contribution in [3.63, 3.8) is 0 Å². The number of piperazine rings is 1. The number of anilines is 1. The zero-order chi connectivity index (χ0) is 15.2. The number of nitrogens with zero attached hydrogens (tertiary/aromatic N) is 1. The smallest absolute Gasteiger partial charge is 0.194 e. The molecule has 1 saturated carbocycles. The van der Waals surface area contributed by atoms with Crippen molar-refractivity contribution >= 4 is 5.69 Å². The molecule has 0 spiro atoms. The van der Waals surface area contributed by atoms with Crippen molar-refractivity contribution < 1.29 is 13.2 Å². The summed E-state index contributed by atoms with van der Waals surface area (Å²) in [5.41, 5.74) is 0.402. The molecular formula is C16H21F3N2. The van der Waals surface area contributed by atoms with Crippen LogP contribution in [0.15, 0.2) is 12.1 Å². The third-order valence-electron chi connectivity index (χ3n) is 4.93. The fourth-order valence-corrected chi connectivity index (χ4v) is 3.37. The van der Waals surface area contributed by atoms with Gasteiger partial charge in [0.05, 0.1) is 0 Å². The quantitative estimate of drug-likeness (QED) is 0.860. The molecule has 0 amide bonds. The lowest BCUT2D eigenvalue weighted by atomic mass is 9.90. The minimum Gasteiger partial charge on any atom is -0.365 e. The number of hydrogen-bond acceptors (Lipinski definition) is 2. The molecule has 1 heterocycles. The van der Waals surface area contributed by atoms with E-state index >= 15 is 0 Å². The molecule has 3 rings (SSSR count). The van der Waals surface area contributed by atoms with Crippen molar-refractivity contribution in [2.24, 2.45) is 5.92 Å². The summed E-state index contributed by atoms with van der Waals surface area (Å²) in [7, 11) is 0. The van der Waals surface area contributed by atoms with E-state index in [0.717, 1.165) is 25.1 Å². The Labute approximate surface area is 123 Å². The van der Waals surface area contributed by atoms with Gasteiger partial charge in [-0.05, 0) is 32.1 Å². The van der Waals surface area contributed by atoms with Crippen LogP contribution < -0.4 is 10.2 Å². The van der Waals surface area contributed by atoms with Gasteiger partial charge in [0, 0.05) is 42.5 Å². The maximum absolute atomic E-state index is 13.5. The summed E-state index contributed by atoms with van der Waals surface area (Å²) in [6.45, 7) is 5.69. The molecule has 0 radical (unpaired) electrons. The Balaban J connectivity index is 1.92. The average molecular weight is 298 g/mol. The molecule has 1 aromatic carbocycles. The molecule has 116 valence electrons. The van der Waals surface area contributed by atoms with Crippen molar-refractivity contribution in [2.45, 2.75) is 44.7 Å². The van der Waals surface area contributed by atoms with E-state index in [1.165, 1.54) is 12.8 Å². The fraction of sp³-hybridized carbons (Fsp3) is 0.625. The molecule has 2 atom stereocenters. The molecule has 2 fully saturated rings. The van der Waals surface area contributed by atoms with Crippen LogP contribution in [0, 0.1) is 23.4 Å². The summed E-state index contributed by atoms with van der Waals surface area (Å²) in [6, 6.07) is 2.39. The highest BCUT2D eigenvalue weighted by atomic mass is 19.2. The van der Waals surface area contributed by atoms with Crippen LogP contribution in [0.5, 0.6) is 0 Å². The Bertz CT molecular complexity index is 521. The van der Waals surface area contributed by atoms with E-state index in [1.54, 1.807) is 0 Å². The van der Waals surface area contributed by atoms with Crippen LogP contribution in [0.4, 0.5) is 18.9 Å². The summed E-state index contributed by atoms with van der Waals surface area (Å²) < 4.78 is 40.2. The SMILES string of the molecule is CCC1CNC(C)(C2CC2)CN1c1cc(F)c(F)c(F)c1. The normalized spacial score (nSPS) is 29.8. The largest absolute Gasteiger partial charge is 0.365 e. The summed E-state index contributed by atoms with van der Waals surface area (Å²) >= 11 is 0. The molecule has 2 nitrogen and oxygen atoms in total. The average Bonchev–Trinajstić information content (AvgIpc) is 3.29. The highest BCUT2D eigenvalue weighted by molar-refractivity contribution is 5.50. The van der Waals surface area contributed by atoms with Crippen molar-refractivity contribution in [2.75, 3.05) is 18.0 Å². The van der Waals surface area contributed by atoms with Crippen LogP contribution in [0.3, 0.4) is 0 Å². The van der Waals surface area contributed by atoms with Gasteiger partial charge in [-0.25, -0.2) is 13.2 Å². The molecule has 5 heteroatoms. The first kappa shape index (κ1) is 14.7. The van der Waals surface area contributed by atoms with Gasteiger partial charge in [0.15, 0.2) is 17.5 Å². The van der Waals surface area contributed by atoms with Gasteiger partial charge in [-0.2, -0.15) is 0 Å². The fourth-order valence-electron chi connectivity index (χ4n) is 3.37. The van der Waals surface area contributed by atoms with E-state index in [9.17, 15) is 13.2 Å². The zero-order valence-electron chi connectivity index (χ0n) is 12.4. The number of benzene rings is 1. The van der Waals surface area contributed by atoms with E-state index in [-0.39, 0.29) is 11.6 Å². The van der Waals surface area contributed by atoms with Gasteiger partial charge in [0.2, 0.25) is 0 Å². The first-order chi connectivity index (χ1) is 9.94. The van der Waals surface area contributed by atoms with Crippen LogP contribution >= 0.6 is 0 Å². The second-order valence-corrected chi connectivity index (χ2v) is 6.49. The van der Waals surface area contributed by atoms with E-state index in [0.29, 0.717) is 18.2 Å². The maximum Gasteiger partial charge on any atom is 0.194 e. The highest BCUT2D eigenvalue weighted by Crippen LogP contribution is 2.42. The lowest BCUT2D eigenvalue weighted by Crippen LogP contribution is -2.64. The van der Waals surface area contributed by atoms with Crippen LogP contribution in [0.1, 0.15) is 33.1 Å².